The van der Waals surface area contributed by atoms with Crippen LogP contribution < -0.4 is 10.1 Å². The van der Waals surface area contributed by atoms with Crippen molar-refractivity contribution in [3.8, 4) is 5.75 Å². The van der Waals surface area contributed by atoms with Gasteiger partial charge in [0.25, 0.3) is 5.91 Å². The summed E-state index contributed by atoms with van der Waals surface area (Å²) < 4.78 is 39.3. The van der Waals surface area contributed by atoms with Crippen molar-refractivity contribution in [3.05, 3.63) is 41.3 Å². The number of alkyl halides is 2. The normalized spacial score (nSPS) is 11.9. The molecule has 0 aliphatic carbocycles. The first-order chi connectivity index (χ1) is 12.3. The minimum absolute atomic E-state index is 0.0381. The van der Waals surface area contributed by atoms with Crippen LogP contribution in [0.3, 0.4) is 0 Å². The Morgan fingerprint density at radius 1 is 1.31 bits per heavy atom. The van der Waals surface area contributed by atoms with Gasteiger partial charge in [0.15, 0.2) is 6.10 Å². The summed E-state index contributed by atoms with van der Waals surface area (Å²) in [5.74, 6) is -1.36. The van der Waals surface area contributed by atoms with E-state index in [1.807, 2.05) is 0 Å². The fourth-order valence-corrected chi connectivity index (χ4v) is 2.20. The van der Waals surface area contributed by atoms with E-state index in [0.29, 0.717) is 12.1 Å². The maximum Gasteiger partial charge on any atom is 0.387 e. The second-order valence-corrected chi connectivity index (χ2v) is 5.33. The Hall–Kier alpha value is -2.97. The first kappa shape index (κ1) is 19.4. The molecule has 1 aromatic carbocycles. The lowest BCUT2D eigenvalue weighted by Gasteiger charge is -2.15. The molecule has 2 rings (SSSR count). The maximum absolute atomic E-state index is 12.4. The number of carbonyl (C=O) groups is 2. The van der Waals surface area contributed by atoms with E-state index in [1.54, 1.807) is 19.9 Å². The van der Waals surface area contributed by atoms with Gasteiger partial charge in [0.05, 0.1) is 11.4 Å². The molecule has 140 valence electrons. The van der Waals surface area contributed by atoms with E-state index in [0.717, 1.165) is 0 Å². The predicted molar refractivity (Wildman–Crippen MR) is 87.2 cm³/mol. The highest BCUT2D eigenvalue weighted by Gasteiger charge is 2.25. The van der Waals surface area contributed by atoms with Gasteiger partial charge >= 0.3 is 12.6 Å². The van der Waals surface area contributed by atoms with Gasteiger partial charge in [-0.15, -0.1) is 0 Å². The molecule has 0 fully saturated rings. The molecule has 26 heavy (non-hydrogen) atoms. The van der Waals surface area contributed by atoms with Gasteiger partial charge in [0.1, 0.15) is 17.1 Å². The third-order valence-corrected chi connectivity index (χ3v) is 3.49. The Balaban J connectivity index is 2.06. The zero-order valence-corrected chi connectivity index (χ0v) is 14.4. The number of esters is 1. The van der Waals surface area contributed by atoms with Crippen molar-refractivity contribution in [1.29, 1.82) is 0 Å². The molecule has 0 saturated carbocycles. The number of hydrogen-bond donors (Lipinski definition) is 1. The summed E-state index contributed by atoms with van der Waals surface area (Å²) in [6.45, 7) is 1.68. The number of amides is 1. The van der Waals surface area contributed by atoms with E-state index in [1.165, 1.54) is 25.1 Å². The minimum Gasteiger partial charge on any atom is -0.449 e. The zero-order chi connectivity index (χ0) is 19.3. The van der Waals surface area contributed by atoms with Crippen molar-refractivity contribution >= 4 is 17.6 Å². The van der Waals surface area contributed by atoms with Crippen LogP contribution in [0.1, 0.15) is 35.7 Å². The van der Waals surface area contributed by atoms with Gasteiger partial charge in [0.2, 0.25) is 0 Å². The molecule has 0 bridgehead atoms. The van der Waals surface area contributed by atoms with Crippen molar-refractivity contribution in [2.75, 3.05) is 5.32 Å². The summed E-state index contributed by atoms with van der Waals surface area (Å²) in [6, 6.07) is 5.70. The fraction of sp³-hybridized carbons (Fsp3) is 0.353. The van der Waals surface area contributed by atoms with Crippen molar-refractivity contribution in [2.24, 2.45) is 0 Å². The first-order valence-electron chi connectivity index (χ1n) is 7.84. The Labute approximate surface area is 148 Å². The lowest BCUT2D eigenvalue weighted by atomic mass is 10.1. The molecule has 7 nitrogen and oxygen atoms in total. The van der Waals surface area contributed by atoms with Crippen LogP contribution >= 0.6 is 0 Å². The molecule has 0 spiro atoms. The molecule has 1 unspecified atom stereocenters. The summed E-state index contributed by atoms with van der Waals surface area (Å²) in [6.07, 6.45) is -0.721. The number of anilines is 1. The Bertz CT molecular complexity index is 791. The third-order valence-electron chi connectivity index (χ3n) is 3.49. The van der Waals surface area contributed by atoms with E-state index in [4.69, 9.17) is 9.26 Å². The Kier molecular flexibility index (Phi) is 6.26. The highest BCUT2D eigenvalue weighted by Crippen LogP contribution is 2.26. The van der Waals surface area contributed by atoms with Gasteiger partial charge in [-0.3, -0.25) is 4.79 Å². The monoisotopic (exact) mass is 368 g/mol. The second-order valence-electron chi connectivity index (χ2n) is 5.33. The quantitative estimate of drug-likeness (QED) is 0.754. The number of carbonyl (C=O) groups excluding carboxylic acids is 2. The van der Waals surface area contributed by atoms with Crippen LogP contribution in [0.4, 0.5) is 14.5 Å². The summed E-state index contributed by atoms with van der Waals surface area (Å²) in [4.78, 5) is 24.5. The van der Waals surface area contributed by atoms with Crippen molar-refractivity contribution in [1.82, 2.24) is 5.16 Å². The van der Waals surface area contributed by atoms with Gasteiger partial charge in [-0.1, -0.05) is 24.2 Å². The number of nitrogens with zero attached hydrogens (tertiary/aromatic N) is 1. The average molecular weight is 368 g/mol. The van der Waals surface area contributed by atoms with Gasteiger partial charge in [0, 0.05) is 0 Å². The molecule has 1 atom stereocenters. The van der Waals surface area contributed by atoms with Gasteiger partial charge < -0.3 is 19.3 Å². The lowest BCUT2D eigenvalue weighted by molar-refractivity contribution is -0.123. The smallest absolute Gasteiger partial charge is 0.387 e. The van der Waals surface area contributed by atoms with Crippen LogP contribution in [-0.4, -0.2) is 29.7 Å². The van der Waals surface area contributed by atoms with E-state index < -0.39 is 24.6 Å². The zero-order valence-electron chi connectivity index (χ0n) is 14.4. The molecule has 0 saturated heterocycles. The molecule has 1 N–H and O–H groups in total. The van der Waals surface area contributed by atoms with Crippen molar-refractivity contribution < 1.29 is 32.4 Å². The lowest BCUT2D eigenvalue weighted by Crippen LogP contribution is -2.30. The number of nitrogens with one attached hydrogen (secondary N) is 1. The topological polar surface area (TPSA) is 90.7 Å². The molecular formula is C17H18F2N2O5. The van der Waals surface area contributed by atoms with Crippen molar-refractivity contribution in [3.63, 3.8) is 0 Å². The van der Waals surface area contributed by atoms with E-state index in [-0.39, 0.29) is 22.8 Å². The number of benzene rings is 1. The van der Waals surface area contributed by atoms with Crippen LogP contribution in [0.25, 0.3) is 0 Å². The SMILES string of the molecule is CCc1noc(C)c1C(=O)OC(C)C(=O)Nc1ccccc1OC(F)F. The number of ether oxygens (including phenoxy) is 2. The number of para-hydroxylation sites is 2. The highest BCUT2D eigenvalue weighted by molar-refractivity contribution is 5.98. The predicted octanol–water partition coefficient (Wildman–Crippen LogP) is 3.33. The van der Waals surface area contributed by atoms with E-state index in [9.17, 15) is 18.4 Å². The van der Waals surface area contributed by atoms with Gasteiger partial charge in [-0.2, -0.15) is 8.78 Å². The van der Waals surface area contributed by atoms with Crippen LogP contribution in [0.15, 0.2) is 28.8 Å². The molecule has 1 heterocycles. The number of rotatable bonds is 7. The summed E-state index contributed by atoms with van der Waals surface area (Å²) in [5.41, 5.74) is 0.639. The number of hydrogen-bond acceptors (Lipinski definition) is 6. The largest absolute Gasteiger partial charge is 0.449 e. The molecule has 0 radical (unpaired) electrons. The summed E-state index contributed by atoms with van der Waals surface area (Å²) in [7, 11) is 0. The molecule has 9 heteroatoms. The van der Waals surface area contributed by atoms with E-state index in [2.05, 4.69) is 15.2 Å². The average Bonchev–Trinajstić information content (AvgIpc) is 2.96. The third kappa shape index (κ3) is 4.56. The summed E-state index contributed by atoms with van der Waals surface area (Å²) in [5, 5.41) is 6.15. The standard InChI is InChI=1S/C17H18F2N2O5/c1-4-11-14(9(2)26-21-11)16(23)24-10(3)15(22)20-12-7-5-6-8-13(12)25-17(18)19/h5-8,10,17H,4H2,1-3H3,(H,20,22). The van der Waals surface area contributed by atoms with Crippen LogP contribution in [0, 0.1) is 6.92 Å². The summed E-state index contributed by atoms with van der Waals surface area (Å²) >= 11 is 0. The molecule has 2 aromatic rings. The van der Waals surface area contributed by atoms with E-state index >= 15 is 0 Å². The molecule has 1 aromatic heterocycles. The molecule has 1 amide bonds. The maximum atomic E-state index is 12.4. The van der Waals surface area contributed by atoms with Gasteiger partial charge in [-0.25, -0.2) is 4.79 Å². The number of aromatic nitrogens is 1. The van der Waals surface area contributed by atoms with Crippen LogP contribution in [0.2, 0.25) is 0 Å². The molecule has 0 aliphatic heterocycles. The molecular weight excluding hydrogens is 350 g/mol. The highest BCUT2D eigenvalue weighted by atomic mass is 19.3. The fourth-order valence-electron chi connectivity index (χ4n) is 2.20. The minimum atomic E-state index is -3.03. The van der Waals surface area contributed by atoms with Crippen LogP contribution in [-0.2, 0) is 16.0 Å². The van der Waals surface area contributed by atoms with Gasteiger partial charge in [-0.05, 0) is 32.4 Å². The number of aryl methyl sites for hydroxylation is 2. The van der Waals surface area contributed by atoms with Crippen LogP contribution in [0.5, 0.6) is 5.75 Å². The molecule has 0 aliphatic rings. The van der Waals surface area contributed by atoms with Crippen molar-refractivity contribution in [2.45, 2.75) is 39.9 Å². The Morgan fingerprint density at radius 2 is 2.00 bits per heavy atom. The first-order valence-corrected chi connectivity index (χ1v) is 7.84. The number of halogens is 2. The Morgan fingerprint density at radius 3 is 2.65 bits per heavy atom. The second kappa shape index (κ2) is 8.41.